The predicted octanol–water partition coefficient (Wildman–Crippen LogP) is 2.95. The normalized spacial score (nSPS) is 21.9. The predicted molar refractivity (Wildman–Crippen MR) is 61.1 cm³/mol. The smallest absolute Gasteiger partial charge is 0.0934 e. The van der Waals surface area contributed by atoms with E-state index in [0.29, 0.717) is 0 Å². The largest absolute Gasteiger partial charge is 0.375 e. The van der Waals surface area contributed by atoms with Crippen LogP contribution in [0.2, 0.25) is 0 Å². The van der Waals surface area contributed by atoms with Gasteiger partial charge < -0.3 is 4.74 Å². The minimum absolute atomic E-state index is 0.803. The number of aromatic nitrogens is 1. The van der Waals surface area contributed by atoms with E-state index in [1.807, 2.05) is 11.3 Å². The molecule has 0 unspecified atom stereocenters. The molecule has 1 fully saturated rings. The van der Waals surface area contributed by atoms with Crippen LogP contribution in [-0.2, 0) is 24.2 Å². The second kappa shape index (κ2) is 4.22. The highest BCUT2D eigenvalue weighted by Crippen LogP contribution is 2.31. The summed E-state index contributed by atoms with van der Waals surface area (Å²) < 4.78 is 5.45. The molecule has 3 rings (SSSR count). The van der Waals surface area contributed by atoms with Crippen molar-refractivity contribution in [2.45, 2.75) is 45.1 Å². The highest BCUT2D eigenvalue weighted by Gasteiger charge is 2.20. The van der Waals surface area contributed by atoms with Crippen LogP contribution in [0.4, 0.5) is 0 Å². The maximum atomic E-state index is 5.45. The van der Waals surface area contributed by atoms with Gasteiger partial charge in [-0.1, -0.05) is 25.7 Å². The molecular formula is C12H17NOS. The number of ether oxygens (including phenoxy) is 1. The van der Waals surface area contributed by atoms with Gasteiger partial charge in [-0.05, 0) is 5.92 Å². The summed E-state index contributed by atoms with van der Waals surface area (Å²) in [6.07, 6.45) is 7.94. The van der Waals surface area contributed by atoms with Gasteiger partial charge in [0.2, 0.25) is 0 Å². The van der Waals surface area contributed by atoms with Crippen molar-refractivity contribution in [1.29, 1.82) is 0 Å². The highest BCUT2D eigenvalue weighted by molar-refractivity contribution is 7.11. The van der Waals surface area contributed by atoms with Gasteiger partial charge in [0.25, 0.3) is 0 Å². The molecule has 1 saturated carbocycles. The van der Waals surface area contributed by atoms with Crippen molar-refractivity contribution in [3.05, 3.63) is 15.6 Å². The van der Waals surface area contributed by atoms with E-state index in [0.717, 1.165) is 25.6 Å². The van der Waals surface area contributed by atoms with Crippen molar-refractivity contribution >= 4 is 11.3 Å². The van der Waals surface area contributed by atoms with Crippen LogP contribution in [0.3, 0.4) is 0 Å². The fraction of sp³-hybridized carbons (Fsp3) is 0.750. The summed E-state index contributed by atoms with van der Waals surface area (Å²) in [5.41, 5.74) is 1.32. The van der Waals surface area contributed by atoms with Crippen molar-refractivity contribution in [3.8, 4) is 0 Å². The lowest BCUT2D eigenvalue weighted by Gasteiger charge is -2.08. The third kappa shape index (κ3) is 2.08. The molecule has 2 heterocycles. The zero-order valence-corrected chi connectivity index (χ0v) is 9.81. The van der Waals surface area contributed by atoms with Crippen LogP contribution in [0.25, 0.3) is 0 Å². The Kier molecular flexibility index (Phi) is 2.76. The topological polar surface area (TPSA) is 22.1 Å². The minimum Gasteiger partial charge on any atom is -0.375 e. The molecule has 0 aromatic carbocycles. The Bertz CT molecular complexity index is 318. The molecule has 82 valence electrons. The van der Waals surface area contributed by atoms with Crippen molar-refractivity contribution in [2.24, 2.45) is 5.92 Å². The van der Waals surface area contributed by atoms with Gasteiger partial charge in [-0.3, -0.25) is 0 Å². The lowest BCUT2D eigenvalue weighted by Crippen LogP contribution is -2.07. The fourth-order valence-electron chi connectivity index (χ4n) is 2.63. The zero-order chi connectivity index (χ0) is 10.1. The van der Waals surface area contributed by atoms with E-state index in [1.165, 1.54) is 47.7 Å². The molecule has 15 heavy (non-hydrogen) atoms. The molecule has 1 aliphatic heterocycles. The number of hydrogen-bond acceptors (Lipinski definition) is 3. The summed E-state index contributed by atoms with van der Waals surface area (Å²) in [5.74, 6) is 0.915. The second-order valence-electron chi connectivity index (χ2n) is 4.63. The summed E-state index contributed by atoms with van der Waals surface area (Å²) in [6.45, 7) is 1.66. The maximum absolute atomic E-state index is 5.45. The molecule has 0 spiro atoms. The average Bonchev–Trinajstić information content (AvgIpc) is 2.86. The lowest BCUT2D eigenvalue weighted by molar-refractivity contribution is 0.112. The van der Waals surface area contributed by atoms with Crippen molar-refractivity contribution in [1.82, 2.24) is 4.98 Å². The van der Waals surface area contributed by atoms with E-state index < -0.39 is 0 Å². The van der Waals surface area contributed by atoms with Gasteiger partial charge in [0.05, 0.1) is 28.8 Å². The van der Waals surface area contributed by atoms with E-state index in [9.17, 15) is 0 Å². The minimum atomic E-state index is 0.803. The Balaban J connectivity index is 1.72. The van der Waals surface area contributed by atoms with Crippen LogP contribution < -0.4 is 0 Å². The first kappa shape index (κ1) is 9.79. The molecule has 1 aromatic rings. The number of fused-ring (bicyclic) bond motifs is 1. The number of hydrogen-bond donors (Lipinski definition) is 0. The molecule has 0 saturated heterocycles. The van der Waals surface area contributed by atoms with Crippen LogP contribution in [0.1, 0.15) is 41.3 Å². The van der Waals surface area contributed by atoms with Crippen LogP contribution in [-0.4, -0.2) is 11.6 Å². The standard InChI is InChI=1S/C12H17NOS/c1-2-4-9(3-1)7-12-13-10-5-6-14-8-11(10)15-12/h9H,1-8H2. The molecule has 0 atom stereocenters. The first-order valence-electron chi connectivity index (χ1n) is 5.97. The van der Waals surface area contributed by atoms with Gasteiger partial charge in [-0.2, -0.15) is 0 Å². The van der Waals surface area contributed by atoms with E-state index in [-0.39, 0.29) is 0 Å². The van der Waals surface area contributed by atoms with Gasteiger partial charge in [0.15, 0.2) is 0 Å². The Morgan fingerprint density at radius 2 is 2.20 bits per heavy atom. The zero-order valence-electron chi connectivity index (χ0n) is 9.00. The van der Waals surface area contributed by atoms with Gasteiger partial charge in [0, 0.05) is 12.8 Å². The summed E-state index contributed by atoms with van der Waals surface area (Å²) in [7, 11) is 0. The number of thiazole rings is 1. The van der Waals surface area contributed by atoms with Crippen LogP contribution in [0, 0.1) is 5.92 Å². The highest BCUT2D eigenvalue weighted by atomic mass is 32.1. The van der Waals surface area contributed by atoms with Crippen molar-refractivity contribution in [3.63, 3.8) is 0 Å². The third-order valence-electron chi connectivity index (χ3n) is 3.48. The summed E-state index contributed by atoms with van der Waals surface area (Å²) in [5, 5.41) is 1.36. The Labute approximate surface area is 94.7 Å². The van der Waals surface area contributed by atoms with Gasteiger partial charge >= 0.3 is 0 Å². The van der Waals surface area contributed by atoms with Crippen LogP contribution >= 0.6 is 11.3 Å². The molecule has 2 aliphatic rings. The van der Waals surface area contributed by atoms with Crippen LogP contribution in [0.5, 0.6) is 0 Å². The van der Waals surface area contributed by atoms with E-state index in [2.05, 4.69) is 0 Å². The number of nitrogens with zero attached hydrogens (tertiary/aromatic N) is 1. The molecular weight excluding hydrogens is 206 g/mol. The average molecular weight is 223 g/mol. The maximum Gasteiger partial charge on any atom is 0.0934 e. The molecule has 3 heteroatoms. The van der Waals surface area contributed by atoms with Crippen LogP contribution in [0.15, 0.2) is 0 Å². The Morgan fingerprint density at radius 1 is 1.33 bits per heavy atom. The van der Waals surface area contributed by atoms with E-state index in [4.69, 9.17) is 9.72 Å². The van der Waals surface area contributed by atoms with Crippen molar-refractivity contribution in [2.75, 3.05) is 6.61 Å². The first-order chi connectivity index (χ1) is 7.42. The van der Waals surface area contributed by atoms with Gasteiger partial charge in [-0.15, -0.1) is 11.3 Å². The lowest BCUT2D eigenvalue weighted by atomic mass is 10.1. The second-order valence-corrected chi connectivity index (χ2v) is 5.80. The van der Waals surface area contributed by atoms with Gasteiger partial charge in [0.1, 0.15) is 0 Å². The summed E-state index contributed by atoms with van der Waals surface area (Å²) in [4.78, 5) is 6.14. The SMILES string of the molecule is C1CCC(Cc2nc3c(s2)COCC3)C1. The third-order valence-corrected chi connectivity index (χ3v) is 4.57. The van der Waals surface area contributed by atoms with Gasteiger partial charge in [-0.25, -0.2) is 4.98 Å². The fourth-order valence-corrected chi connectivity index (χ4v) is 3.79. The van der Waals surface area contributed by atoms with Crippen molar-refractivity contribution < 1.29 is 4.74 Å². The Hall–Kier alpha value is -0.410. The summed E-state index contributed by atoms with van der Waals surface area (Å²) >= 11 is 1.89. The monoisotopic (exact) mass is 223 g/mol. The molecule has 2 nitrogen and oxygen atoms in total. The molecule has 0 N–H and O–H groups in total. The molecule has 0 radical (unpaired) electrons. The van der Waals surface area contributed by atoms with E-state index >= 15 is 0 Å². The Morgan fingerprint density at radius 3 is 3.00 bits per heavy atom. The number of rotatable bonds is 2. The molecule has 0 bridgehead atoms. The quantitative estimate of drug-likeness (QED) is 0.769. The molecule has 1 aliphatic carbocycles. The molecule has 1 aromatic heterocycles. The summed E-state index contributed by atoms with van der Waals surface area (Å²) in [6, 6.07) is 0. The first-order valence-corrected chi connectivity index (χ1v) is 6.78. The molecule has 0 amide bonds. The van der Waals surface area contributed by atoms with E-state index in [1.54, 1.807) is 0 Å².